The Hall–Kier alpha value is -1.66. The van der Waals surface area contributed by atoms with Crippen LogP contribution in [0.1, 0.15) is 27.2 Å². The lowest BCUT2D eigenvalue weighted by Crippen LogP contribution is -2.44. The summed E-state index contributed by atoms with van der Waals surface area (Å²) in [5.41, 5.74) is 1.62. The highest BCUT2D eigenvalue weighted by atomic mass is 32.1. The van der Waals surface area contributed by atoms with E-state index in [0.717, 1.165) is 10.7 Å². The molecule has 6 heteroatoms. The van der Waals surface area contributed by atoms with Crippen molar-refractivity contribution in [2.24, 2.45) is 7.05 Å². The predicted octanol–water partition coefficient (Wildman–Crippen LogP) is 2.00. The third-order valence-corrected chi connectivity index (χ3v) is 4.32. The molecule has 3 rings (SSSR count). The molecule has 5 nitrogen and oxygen atoms in total. The van der Waals surface area contributed by atoms with Crippen LogP contribution in [-0.4, -0.2) is 40.1 Å². The summed E-state index contributed by atoms with van der Waals surface area (Å²) in [6.45, 7) is 3.67. The van der Waals surface area contributed by atoms with Crippen molar-refractivity contribution < 1.29 is 9.53 Å². The Morgan fingerprint density at radius 2 is 2.40 bits per heavy atom. The molecule has 0 aliphatic carbocycles. The molecule has 2 aromatic heterocycles. The van der Waals surface area contributed by atoms with Crippen LogP contribution >= 0.6 is 11.3 Å². The first kappa shape index (κ1) is 13.3. The maximum atomic E-state index is 12.7. The first-order chi connectivity index (χ1) is 9.66. The van der Waals surface area contributed by atoms with Crippen LogP contribution in [0.25, 0.3) is 0 Å². The van der Waals surface area contributed by atoms with Gasteiger partial charge < -0.3 is 14.2 Å². The van der Waals surface area contributed by atoms with Gasteiger partial charge in [0.15, 0.2) is 0 Å². The number of hydrogen-bond acceptors (Lipinski definition) is 4. The van der Waals surface area contributed by atoms with Crippen molar-refractivity contribution >= 4 is 17.2 Å². The van der Waals surface area contributed by atoms with Gasteiger partial charge >= 0.3 is 0 Å². The van der Waals surface area contributed by atoms with Crippen molar-refractivity contribution in [2.45, 2.75) is 13.0 Å². The van der Waals surface area contributed by atoms with Crippen molar-refractivity contribution in [2.75, 3.05) is 19.8 Å². The number of rotatable bonds is 2. The molecule has 106 valence electrons. The molecule has 20 heavy (non-hydrogen) atoms. The van der Waals surface area contributed by atoms with Gasteiger partial charge in [-0.2, -0.15) is 0 Å². The van der Waals surface area contributed by atoms with E-state index in [1.807, 2.05) is 47.1 Å². The lowest BCUT2D eigenvalue weighted by molar-refractivity contribution is -0.00425. The quantitative estimate of drug-likeness (QED) is 0.850. The molecular formula is C14H17N3O2S. The normalized spacial score (nSPS) is 19.3. The molecule has 1 saturated heterocycles. The maximum absolute atomic E-state index is 12.7. The van der Waals surface area contributed by atoms with E-state index in [9.17, 15) is 4.79 Å². The Kier molecular flexibility index (Phi) is 3.58. The summed E-state index contributed by atoms with van der Waals surface area (Å²) in [7, 11) is 1.88. The third kappa shape index (κ3) is 2.36. The molecule has 3 heterocycles. The molecule has 0 N–H and O–H groups in total. The second-order valence-corrected chi connectivity index (χ2v) is 5.95. The van der Waals surface area contributed by atoms with Gasteiger partial charge in [-0.3, -0.25) is 4.79 Å². The number of carbonyl (C=O) groups is 1. The van der Waals surface area contributed by atoms with E-state index in [2.05, 4.69) is 4.98 Å². The van der Waals surface area contributed by atoms with Gasteiger partial charge in [0, 0.05) is 25.2 Å². The molecule has 1 atom stereocenters. The molecule has 0 aromatic carbocycles. The Bertz CT molecular complexity index is 619. The van der Waals surface area contributed by atoms with E-state index in [1.165, 1.54) is 0 Å². The van der Waals surface area contributed by atoms with Crippen molar-refractivity contribution in [1.29, 1.82) is 0 Å². The SMILES string of the molecule is Cc1nc([C@H]2COCCN2C(=O)c2cccn2C)cs1. The maximum Gasteiger partial charge on any atom is 0.271 e. The van der Waals surface area contributed by atoms with Crippen LogP contribution in [0, 0.1) is 6.92 Å². The summed E-state index contributed by atoms with van der Waals surface area (Å²) in [4.78, 5) is 19.1. The van der Waals surface area contributed by atoms with E-state index < -0.39 is 0 Å². The summed E-state index contributed by atoms with van der Waals surface area (Å²) in [6.07, 6.45) is 1.88. The van der Waals surface area contributed by atoms with Gasteiger partial charge in [-0.15, -0.1) is 11.3 Å². The summed E-state index contributed by atoms with van der Waals surface area (Å²) >= 11 is 1.60. The highest BCUT2D eigenvalue weighted by molar-refractivity contribution is 7.09. The van der Waals surface area contributed by atoms with Crippen molar-refractivity contribution in [1.82, 2.24) is 14.5 Å². The molecule has 0 spiro atoms. The van der Waals surface area contributed by atoms with Gasteiger partial charge in [0.25, 0.3) is 5.91 Å². The number of aryl methyl sites for hydroxylation is 2. The predicted molar refractivity (Wildman–Crippen MR) is 76.9 cm³/mol. The second kappa shape index (κ2) is 5.38. The van der Waals surface area contributed by atoms with Gasteiger partial charge in [0.2, 0.25) is 0 Å². The minimum absolute atomic E-state index is 0.0384. The lowest BCUT2D eigenvalue weighted by atomic mass is 10.1. The average Bonchev–Trinajstić information content (AvgIpc) is 3.07. The van der Waals surface area contributed by atoms with E-state index in [-0.39, 0.29) is 11.9 Å². The minimum Gasteiger partial charge on any atom is -0.377 e. The smallest absolute Gasteiger partial charge is 0.271 e. The van der Waals surface area contributed by atoms with E-state index >= 15 is 0 Å². The highest BCUT2D eigenvalue weighted by Crippen LogP contribution is 2.27. The highest BCUT2D eigenvalue weighted by Gasteiger charge is 2.31. The third-order valence-electron chi connectivity index (χ3n) is 3.53. The first-order valence-corrected chi connectivity index (χ1v) is 7.47. The number of morpholine rings is 1. The Labute approximate surface area is 121 Å². The fraction of sp³-hybridized carbons (Fsp3) is 0.429. The monoisotopic (exact) mass is 291 g/mol. The first-order valence-electron chi connectivity index (χ1n) is 6.59. The Balaban J connectivity index is 1.89. The van der Waals surface area contributed by atoms with Crippen LogP contribution in [0.5, 0.6) is 0 Å². The molecule has 0 radical (unpaired) electrons. The molecule has 0 bridgehead atoms. The van der Waals surface area contributed by atoms with Crippen molar-refractivity contribution in [3.05, 3.63) is 40.1 Å². The molecule has 2 aromatic rings. The largest absolute Gasteiger partial charge is 0.377 e. The molecule has 0 saturated carbocycles. The van der Waals surface area contributed by atoms with Gasteiger partial charge in [0.05, 0.1) is 30.0 Å². The molecule has 1 aliphatic heterocycles. The molecule has 1 fully saturated rings. The zero-order valence-electron chi connectivity index (χ0n) is 11.6. The summed E-state index contributed by atoms with van der Waals surface area (Å²) in [6, 6.07) is 3.65. The van der Waals surface area contributed by atoms with Gasteiger partial charge in [-0.05, 0) is 19.1 Å². The van der Waals surface area contributed by atoms with Crippen LogP contribution in [0.2, 0.25) is 0 Å². The van der Waals surface area contributed by atoms with E-state index in [4.69, 9.17) is 4.74 Å². The standard InChI is InChI=1S/C14H17N3O2S/c1-10-15-11(9-20-10)13-8-19-7-6-17(13)14(18)12-4-3-5-16(12)2/h3-5,9,13H,6-8H2,1-2H3/t13-/m1/s1. The fourth-order valence-corrected chi connectivity index (χ4v) is 3.11. The number of thiazole rings is 1. The minimum atomic E-state index is -0.0869. The van der Waals surface area contributed by atoms with Crippen LogP contribution < -0.4 is 0 Å². The average molecular weight is 291 g/mol. The van der Waals surface area contributed by atoms with Gasteiger partial charge in [-0.25, -0.2) is 4.98 Å². The van der Waals surface area contributed by atoms with Crippen LogP contribution in [0.3, 0.4) is 0 Å². The zero-order valence-corrected chi connectivity index (χ0v) is 12.4. The molecule has 1 amide bonds. The van der Waals surface area contributed by atoms with Crippen molar-refractivity contribution in [3.8, 4) is 0 Å². The Morgan fingerprint density at radius 1 is 1.55 bits per heavy atom. The summed E-state index contributed by atoms with van der Waals surface area (Å²) in [5.74, 6) is 0.0384. The lowest BCUT2D eigenvalue weighted by Gasteiger charge is -2.34. The number of aromatic nitrogens is 2. The molecule has 0 unspecified atom stereocenters. The Morgan fingerprint density at radius 3 is 3.05 bits per heavy atom. The van der Waals surface area contributed by atoms with Crippen molar-refractivity contribution in [3.63, 3.8) is 0 Å². The van der Waals surface area contributed by atoms with Crippen LogP contribution in [-0.2, 0) is 11.8 Å². The fourth-order valence-electron chi connectivity index (χ4n) is 2.46. The zero-order chi connectivity index (χ0) is 14.1. The number of carbonyl (C=O) groups excluding carboxylic acids is 1. The summed E-state index contributed by atoms with van der Waals surface area (Å²) in [5, 5.41) is 3.02. The number of nitrogens with zero attached hydrogens (tertiary/aromatic N) is 3. The molecule has 1 aliphatic rings. The van der Waals surface area contributed by atoms with Crippen LogP contribution in [0.15, 0.2) is 23.7 Å². The topological polar surface area (TPSA) is 47.4 Å². The van der Waals surface area contributed by atoms with E-state index in [0.29, 0.717) is 25.5 Å². The number of hydrogen-bond donors (Lipinski definition) is 0. The van der Waals surface area contributed by atoms with Gasteiger partial charge in [-0.1, -0.05) is 0 Å². The molecular weight excluding hydrogens is 274 g/mol. The van der Waals surface area contributed by atoms with Crippen LogP contribution in [0.4, 0.5) is 0 Å². The summed E-state index contributed by atoms with van der Waals surface area (Å²) < 4.78 is 7.39. The number of amides is 1. The number of ether oxygens (including phenoxy) is 1. The second-order valence-electron chi connectivity index (χ2n) is 4.88. The van der Waals surface area contributed by atoms with Gasteiger partial charge in [0.1, 0.15) is 5.69 Å². The van der Waals surface area contributed by atoms with E-state index in [1.54, 1.807) is 11.3 Å².